The first kappa shape index (κ1) is 18.1. The van der Waals surface area contributed by atoms with Gasteiger partial charge < -0.3 is 19.1 Å². The first-order valence-corrected chi connectivity index (χ1v) is 8.48. The van der Waals surface area contributed by atoms with E-state index in [0.717, 1.165) is 0 Å². The van der Waals surface area contributed by atoms with E-state index in [-0.39, 0.29) is 16.5 Å². The highest BCUT2D eigenvalue weighted by Gasteiger charge is 2.25. The van der Waals surface area contributed by atoms with Crippen LogP contribution in [0.4, 0.5) is 5.69 Å². The van der Waals surface area contributed by atoms with Crippen LogP contribution < -0.4 is 14.4 Å². The van der Waals surface area contributed by atoms with Gasteiger partial charge in [-0.05, 0) is 31.2 Å². The molecule has 0 aliphatic carbocycles. The number of hydrogen-bond acceptors (Lipinski definition) is 5. The average Bonchev–Trinajstić information content (AvgIpc) is 2.67. The minimum Gasteiger partial charge on any atom is -0.486 e. The van der Waals surface area contributed by atoms with Gasteiger partial charge in [0, 0.05) is 12.7 Å². The van der Waals surface area contributed by atoms with Gasteiger partial charge in [0.25, 0.3) is 5.91 Å². The Balaban J connectivity index is 1.71. The van der Waals surface area contributed by atoms with Gasteiger partial charge in [-0.25, -0.2) is 4.79 Å². The number of hydrogen-bond donors (Lipinski definition) is 0. The van der Waals surface area contributed by atoms with E-state index in [0.29, 0.717) is 30.4 Å². The lowest BCUT2D eigenvalue weighted by Gasteiger charge is -2.22. The summed E-state index contributed by atoms with van der Waals surface area (Å²) in [6.07, 6.45) is -0.959. The SMILES string of the molecule is CC(OC(=O)c1cc(Cl)c2c(c1)OCCO2)C(=O)N(C)c1ccccc1. The monoisotopic (exact) mass is 375 g/mol. The molecule has 136 valence electrons. The number of carbonyl (C=O) groups excluding carboxylic acids is 2. The molecule has 1 aliphatic rings. The van der Waals surface area contributed by atoms with E-state index in [1.54, 1.807) is 19.2 Å². The summed E-state index contributed by atoms with van der Waals surface area (Å²) in [5.41, 5.74) is 0.907. The lowest BCUT2D eigenvalue weighted by atomic mass is 10.2. The largest absolute Gasteiger partial charge is 0.486 e. The van der Waals surface area contributed by atoms with Crippen LogP contribution in [0, 0.1) is 0 Å². The lowest BCUT2D eigenvalue weighted by Crippen LogP contribution is -2.37. The highest BCUT2D eigenvalue weighted by atomic mass is 35.5. The zero-order valence-corrected chi connectivity index (χ0v) is 15.2. The molecule has 1 atom stereocenters. The summed E-state index contributed by atoms with van der Waals surface area (Å²) in [5, 5.41) is 0.259. The lowest BCUT2D eigenvalue weighted by molar-refractivity contribution is -0.126. The zero-order chi connectivity index (χ0) is 18.7. The molecule has 26 heavy (non-hydrogen) atoms. The van der Waals surface area contributed by atoms with Crippen molar-refractivity contribution in [1.82, 2.24) is 0 Å². The quantitative estimate of drug-likeness (QED) is 0.767. The Hall–Kier alpha value is -2.73. The molecule has 0 saturated carbocycles. The van der Waals surface area contributed by atoms with Crippen molar-refractivity contribution in [2.75, 3.05) is 25.2 Å². The van der Waals surface area contributed by atoms with E-state index < -0.39 is 12.1 Å². The Morgan fingerprint density at radius 2 is 1.85 bits per heavy atom. The van der Waals surface area contributed by atoms with E-state index in [1.165, 1.54) is 24.0 Å². The van der Waals surface area contributed by atoms with Crippen molar-refractivity contribution >= 4 is 29.2 Å². The fourth-order valence-electron chi connectivity index (χ4n) is 2.56. The van der Waals surface area contributed by atoms with Gasteiger partial charge >= 0.3 is 5.97 Å². The van der Waals surface area contributed by atoms with E-state index in [1.807, 2.05) is 18.2 Å². The Labute approximate surface area is 156 Å². The van der Waals surface area contributed by atoms with Crippen LogP contribution in [-0.2, 0) is 9.53 Å². The summed E-state index contributed by atoms with van der Waals surface area (Å²) < 4.78 is 16.2. The van der Waals surface area contributed by atoms with Gasteiger partial charge in [0.1, 0.15) is 13.2 Å². The van der Waals surface area contributed by atoms with Crippen LogP contribution >= 0.6 is 11.6 Å². The number of esters is 1. The summed E-state index contributed by atoms with van der Waals surface area (Å²) in [6.45, 7) is 2.30. The van der Waals surface area contributed by atoms with Gasteiger partial charge in [-0.15, -0.1) is 0 Å². The summed E-state index contributed by atoms with van der Waals surface area (Å²) in [5.74, 6) is -0.210. The number of likely N-dealkylation sites (N-methyl/N-ethyl adjacent to an activating group) is 1. The number of ether oxygens (including phenoxy) is 3. The predicted octanol–water partition coefficient (Wildman–Crippen LogP) is 3.32. The maximum atomic E-state index is 12.5. The van der Waals surface area contributed by atoms with Crippen molar-refractivity contribution < 1.29 is 23.8 Å². The molecule has 1 unspecified atom stereocenters. The van der Waals surface area contributed by atoms with Crippen molar-refractivity contribution in [3.05, 3.63) is 53.1 Å². The Bertz CT molecular complexity index is 824. The fraction of sp³-hybridized carbons (Fsp3) is 0.263. The maximum absolute atomic E-state index is 12.5. The normalized spacial score (nSPS) is 13.7. The first-order chi connectivity index (χ1) is 12.5. The Morgan fingerprint density at radius 3 is 2.58 bits per heavy atom. The van der Waals surface area contributed by atoms with E-state index in [2.05, 4.69) is 0 Å². The zero-order valence-electron chi connectivity index (χ0n) is 14.4. The Kier molecular flexibility index (Phi) is 5.32. The molecule has 1 aliphatic heterocycles. The third kappa shape index (κ3) is 3.75. The van der Waals surface area contributed by atoms with Gasteiger partial charge in [0.05, 0.1) is 10.6 Å². The second kappa shape index (κ2) is 7.66. The number of anilines is 1. The number of carbonyl (C=O) groups is 2. The minimum atomic E-state index is -0.959. The van der Waals surface area contributed by atoms with Crippen LogP contribution in [0.5, 0.6) is 11.5 Å². The van der Waals surface area contributed by atoms with Crippen molar-refractivity contribution in [3.8, 4) is 11.5 Å². The molecule has 1 amide bonds. The predicted molar refractivity (Wildman–Crippen MR) is 97.2 cm³/mol. The van der Waals surface area contributed by atoms with E-state index in [4.69, 9.17) is 25.8 Å². The minimum absolute atomic E-state index is 0.196. The summed E-state index contributed by atoms with van der Waals surface area (Å²) in [4.78, 5) is 26.3. The molecule has 3 rings (SSSR count). The second-order valence-corrected chi connectivity index (χ2v) is 6.17. The van der Waals surface area contributed by atoms with Crippen LogP contribution in [0.15, 0.2) is 42.5 Å². The standard InChI is InChI=1S/C19H18ClNO5/c1-12(18(22)21(2)14-6-4-3-5-7-14)26-19(23)13-10-15(20)17-16(11-13)24-8-9-25-17/h3-7,10-12H,8-9H2,1-2H3. The molecule has 0 fully saturated rings. The summed E-state index contributed by atoms with van der Waals surface area (Å²) >= 11 is 6.13. The molecule has 6 nitrogen and oxygen atoms in total. The van der Waals surface area contributed by atoms with Crippen LogP contribution in [0.2, 0.25) is 5.02 Å². The molecule has 7 heteroatoms. The second-order valence-electron chi connectivity index (χ2n) is 5.76. The van der Waals surface area contributed by atoms with Crippen molar-refractivity contribution in [2.45, 2.75) is 13.0 Å². The number of nitrogens with zero attached hydrogens (tertiary/aromatic N) is 1. The van der Waals surface area contributed by atoms with Crippen LogP contribution in [0.3, 0.4) is 0 Å². The molecule has 0 spiro atoms. The number of fused-ring (bicyclic) bond motifs is 1. The van der Waals surface area contributed by atoms with Crippen molar-refractivity contribution in [2.24, 2.45) is 0 Å². The third-order valence-corrected chi connectivity index (χ3v) is 4.22. The van der Waals surface area contributed by atoms with Crippen molar-refractivity contribution in [1.29, 1.82) is 0 Å². The topological polar surface area (TPSA) is 65.1 Å². The molecule has 0 N–H and O–H groups in total. The molecular formula is C19H18ClNO5. The molecule has 0 bridgehead atoms. The molecule has 2 aromatic carbocycles. The maximum Gasteiger partial charge on any atom is 0.339 e. The number of rotatable bonds is 4. The molecule has 0 saturated heterocycles. The summed E-state index contributed by atoms with van der Waals surface area (Å²) in [6, 6.07) is 12.0. The van der Waals surface area contributed by atoms with E-state index >= 15 is 0 Å². The summed E-state index contributed by atoms with van der Waals surface area (Å²) in [7, 11) is 1.63. The van der Waals surface area contributed by atoms with Gasteiger partial charge in [-0.3, -0.25) is 4.79 Å². The van der Waals surface area contributed by atoms with Crippen LogP contribution in [-0.4, -0.2) is 38.2 Å². The Morgan fingerprint density at radius 1 is 1.15 bits per heavy atom. The molecule has 0 radical (unpaired) electrons. The van der Waals surface area contributed by atoms with Gasteiger partial charge in [-0.2, -0.15) is 0 Å². The van der Waals surface area contributed by atoms with Crippen LogP contribution in [0.25, 0.3) is 0 Å². The smallest absolute Gasteiger partial charge is 0.339 e. The molecule has 2 aromatic rings. The van der Waals surface area contributed by atoms with Gasteiger partial charge in [-0.1, -0.05) is 29.8 Å². The molecular weight excluding hydrogens is 358 g/mol. The fourth-order valence-corrected chi connectivity index (χ4v) is 2.82. The van der Waals surface area contributed by atoms with Gasteiger partial charge in [0.15, 0.2) is 17.6 Å². The molecule has 0 aromatic heterocycles. The number of halogens is 1. The number of para-hydroxylation sites is 1. The van der Waals surface area contributed by atoms with Crippen molar-refractivity contribution in [3.63, 3.8) is 0 Å². The first-order valence-electron chi connectivity index (χ1n) is 8.10. The van der Waals surface area contributed by atoms with E-state index in [9.17, 15) is 9.59 Å². The average molecular weight is 376 g/mol. The highest BCUT2D eigenvalue weighted by Crippen LogP contribution is 2.38. The third-order valence-electron chi connectivity index (χ3n) is 3.94. The number of benzene rings is 2. The highest BCUT2D eigenvalue weighted by molar-refractivity contribution is 6.32. The number of amides is 1. The van der Waals surface area contributed by atoms with Crippen LogP contribution in [0.1, 0.15) is 17.3 Å². The molecule has 1 heterocycles. The van der Waals surface area contributed by atoms with Gasteiger partial charge in [0.2, 0.25) is 0 Å².